The first-order chi connectivity index (χ1) is 12.5. The average molecular weight is 387 g/mol. The van der Waals surface area contributed by atoms with Crippen LogP contribution >= 0.6 is 0 Å². The third-order valence-electron chi connectivity index (χ3n) is 9.03. The van der Waals surface area contributed by atoms with Gasteiger partial charge in [0.1, 0.15) is 0 Å². The summed E-state index contributed by atoms with van der Waals surface area (Å²) in [5.74, 6) is 3.14. The highest BCUT2D eigenvalue weighted by Gasteiger charge is 2.57. The van der Waals surface area contributed by atoms with Crippen molar-refractivity contribution in [2.45, 2.75) is 90.5 Å². The number of fused-ring (bicyclic) bond motifs is 5. The molecular weight excluding hydrogens is 348 g/mol. The second-order valence-electron chi connectivity index (χ2n) is 11.5. The molecule has 27 heavy (non-hydrogen) atoms. The first-order valence-electron chi connectivity index (χ1n) is 11.1. The monoisotopic (exact) mass is 386 g/mol. The molecule has 0 radical (unpaired) electrons. The Balaban J connectivity index is 1.58. The van der Waals surface area contributed by atoms with Crippen LogP contribution in [0.1, 0.15) is 66.2 Å². The van der Waals surface area contributed by atoms with Crippen LogP contribution in [0.4, 0.5) is 0 Å². The minimum absolute atomic E-state index is 0.276. The van der Waals surface area contributed by atoms with E-state index >= 15 is 0 Å². The van der Waals surface area contributed by atoms with Gasteiger partial charge in [-0.15, -0.1) is 0 Å². The Morgan fingerprint density at radius 1 is 1.15 bits per heavy atom. The molecule has 0 heterocycles. The Labute approximate surface area is 167 Å². The summed E-state index contributed by atoms with van der Waals surface area (Å²) in [6, 6.07) is 0. The minimum Gasteiger partial charge on any atom is -0.413 e. The Morgan fingerprint density at radius 2 is 1.89 bits per heavy atom. The predicted molar refractivity (Wildman–Crippen MR) is 114 cm³/mol. The van der Waals surface area contributed by atoms with Crippen molar-refractivity contribution < 1.29 is 9.22 Å². The zero-order valence-corrected chi connectivity index (χ0v) is 19.2. The molecule has 2 nitrogen and oxygen atoms in total. The van der Waals surface area contributed by atoms with Gasteiger partial charge in [0.2, 0.25) is 0 Å². The van der Waals surface area contributed by atoms with E-state index in [1.54, 1.807) is 0 Å². The molecule has 2 saturated carbocycles. The Morgan fingerprint density at radius 3 is 2.59 bits per heavy atom. The van der Waals surface area contributed by atoms with E-state index in [0.717, 1.165) is 24.7 Å². The van der Waals surface area contributed by atoms with Crippen molar-refractivity contribution in [2.24, 2.45) is 29.1 Å². The molecule has 0 aromatic rings. The highest BCUT2D eigenvalue weighted by atomic mass is 28.4. The van der Waals surface area contributed by atoms with Crippen LogP contribution < -0.4 is 0 Å². The van der Waals surface area contributed by atoms with E-state index in [2.05, 4.69) is 52.9 Å². The fourth-order valence-electron chi connectivity index (χ4n) is 6.33. The lowest BCUT2D eigenvalue weighted by Crippen LogP contribution is -2.51. The van der Waals surface area contributed by atoms with E-state index < -0.39 is 8.32 Å². The van der Waals surface area contributed by atoms with Crippen LogP contribution in [0.25, 0.3) is 0 Å². The van der Waals surface area contributed by atoms with E-state index in [0.29, 0.717) is 29.1 Å². The fourth-order valence-corrected chi connectivity index (χ4v) is 7.79. The molecule has 0 spiro atoms. The number of carbonyl (C=O) groups is 1. The number of ketones is 1. The van der Waals surface area contributed by atoms with E-state index in [-0.39, 0.29) is 5.04 Å². The van der Waals surface area contributed by atoms with Crippen molar-refractivity contribution in [3.05, 3.63) is 23.8 Å². The average Bonchev–Trinajstić information content (AvgIpc) is 2.89. The maximum Gasteiger partial charge on any atom is 0.192 e. The molecule has 0 aromatic heterocycles. The van der Waals surface area contributed by atoms with Gasteiger partial charge >= 0.3 is 0 Å². The number of allylic oxidation sites excluding steroid dienone is 4. The van der Waals surface area contributed by atoms with Crippen molar-refractivity contribution in [3.8, 4) is 0 Å². The first kappa shape index (κ1) is 19.6. The third-order valence-corrected chi connectivity index (χ3v) is 13.5. The zero-order valence-electron chi connectivity index (χ0n) is 18.2. The van der Waals surface area contributed by atoms with Gasteiger partial charge in [-0.05, 0) is 91.0 Å². The molecule has 0 aromatic carbocycles. The standard InChI is InChI=1S/C24H38O2Si/c1-23(2,3)27(5,6)26-22-12-11-21-20-9-7-16-15-17(25)8-10-18(16)19(20)13-14-24(21,22)4/h7,9,15,18-22H,8,10-14H2,1-6H3/t18-,19+,20+,21-,22?,24-/m0/s1. The molecule has 0 bridgehead atoms. The van der Waals surface area contributed by atoms with E-state index in [1.807, 2.05) is 6.08 Å². The van der Waals surface area contributed by atoms with Crippen LogP contribution in [0.2, 0.25) is 18.1 Å². The maximum absolute atomic E-state index is 11.8. The van der Waals surface area contributed by atoms with Gasteiger partial charge in [-0.2, -0.15) is 0 Å². The lowest BCUT2D eigenvalue weighted by Gasteiger charge is -2.53. The van der Waals surface area contributed by atoms with E-state index in [1.165, 1.54) is 31.3 Å². The number of carbonyl (C=O) groups excluding carboxylic acids is 1. The molecule has 1 unspecified atom stereocenters. The molecule has 0 amide bonds. The Kier molecular flexibility index (Phi) is 4.67. The summed E-state index contributed by atoms with van der Waals surface area (Å²) in [7, 11) is -1.74. The molecule has 0 aliphatic heterocycles. The van der Waals surface area contributed by atoms with Crippen LogP contribution in [-0.2, 0) is 9.22 Å². The number of hydrogen-bond donors (Lipinski definition) is 0. The molecule has 0 saturated heterocycles. The normalized spacial score (nSPS) is 41.6. The van der Waals surface area contributed by atoms with E-state index in [9.17, 15) is 4.79 Å². The molecule has 150 valence electrons. The maximum atomic E-state index is 11.8. The van der Waals surface area contributed by atoms with Gasteiger partial charge in [0.05, 0.1) is 6.10 Å². The molecule has 4 aliphatic rings. The molecule has 6 atom stereocenters. The molecule has 2 fully saturated rings. The summed E-state index contributed by atoms with van der Waals surface area (Å²) in [6.45, 7) is 14.4. The van der Waals surface area contributed by atoms with Crippen LogP contribution in [0, 0.1) is 29.1 Å². The summed E-state index contributed by atoms with van der Waals surface area (Å²) in [4.78, 5) is 11.8. The third kappa shape index (κ3) is 3.13. The number of hydrogen-bond acceptors (Lipinski definition) is 2. The summed E-state index contributed by atoms with van der Waals surface area (Å²) in [5.41, 5.74) is 1.65. The molecule has 4 aliphatic carbocycles. The van der Waals surface area contributed by atoms with Crippen molar-refractivity contribution in [2.75, 3.05) is 0 Å². The predicted octanol–water partition coefficient (Wildman–Crippen LogP) is 6.29. The molecular formula is C24H38O2Si. The SMILES string of the molecule is CC(C)(C)[Si](C)(C)OC1CC[C@H]2[C@@H]3C=CC4=CC(=O)CC[C@@H]4[C@H]3CC[C@]12C. The molecule has 3 heteroatoms. The van der Waals surface area contributed by atoms with Crippen LogP contribution in [0.3, 0.4) is 0 Å². The van der Waals surface area contributed by atoms with Gasteiger partial charge in [0.15, 0.2) is 14.1 Å². The minimum atomic E-state index is -1.74. The van der Waals surface area contributed by atoms with Crippen LogP contribution in [0.15, 0.2) is 23.8 Å². The Hall–Kier alpha value is -0.673. The highest BCUT2D eigenvalue weighted by Crippen LogP contribution is 2.61. The van der Waals surface area contributed by atoms with Crippen molar-refractivity contribution in [1.82, 2.24) is 0 Å². The molecule has 4 rings (SSSR count). The number of rotatable bonds is 2. The van der Waals surface area contributed by atoms with Crippen molar-refractivity contribution in [1.29, 1.82) is 0 Å². The smallest absolute Gasteiger partial charge is 0.192 e. The van der Waals surface area contributed by atoms with Gasteiger partial charge in [-0.3, -0.25) is 4.79 Å². The second kappa shape index (κ2) is 6.42. The highest BCUT2D eigenvalue weighted by molar-refractivity contribution is 6.74. The van der Waals surface area contributed by atoms with Crippen LogP contribution in [-0.4, -0.2) is 20.2 Å². The van der Waals surface area contributed by atoms with Crippen molar-refractivity contribution in [3.63, 3.8) is 0 Å². The zero-order chi connectivity index (χ0) is 19.6. The lowest BCUT2D eigenvalue weighted by molar-refractivity contribution is -0.115. The fraction of sp³-hybridized carbons (Fsp3) is 0.792. The molecule has 0 N–H and O–H groups in total. The van der Waals surface area contributed by atoms with Crippen molar-refractivity contribution >= 4 is 14.1 Å². The van der Waals surface area contributed by atoms with Gasteiger partial charge in [0, 0.05) is 6.42 Å². The Bertz CT molecular complexity index is 683. The van der Waals surface area contributed by atoms with Gasteiger partial charge in [-0.1, -0.05) is 39.8 Å². The largest absolute Gasteiger partial charge is 0.413 e. The lowest BCUT2D eigenvalue weighted by atomic mass is 9.54. The topological polar surface area (TPSA) is 26.3 Å². The van der Waals surface area contributed by atoms with E-state index in [4.69, 9.17) is 4.43 Å². The summed E-state index contributed by atoms with van der Waals surface area (Å²) < 4.78 is 6.99. The van der Waals surface area contributed by atoms with Crippen LogP contribution in [0.5, 0.6) is 0 Å². The van der Waals surface area contributed by atoms with Gasteiger partial charge in [-0.25, -0.2) is 0 Å². The quantitative estimate of drug-likeness (QED) is 0.521. The summed E-state index contributed by atoms with van der Waals surface area (Å²) >= 11 is 0. The summed E-state index contributed by atoms with van der Waals surface area (Å²) in [5, 5.41) is 0.276. The van der Waals surface area contributed by atoms with Gasteiger partial charge in [0.25, 0.3) is 0 Å². The first-order valence-corrected chi connectivity index (χ1v) is 14.0. The second-order valence-corrected chi connectivity index (χ2v) is 16.2. The van der Waals surface area contributed by atoms with Gasteiger partial charge < -0.3 is 4.43 Å². The summed E-state index contributed by atoms with van der Waals surface area (Å²) in [6.07, 6.45) is 14.1.